The molecule has 1 unspecified atom stereocenters. The Morgan fingerprint density at radius 1 is 1.82 bits per heavy atom. The van der Waals surface area contributed by atoms with Crippen LogP contribution >= 0.6 is 0 Å². The van der Waals surface area contributed by atoms with Crippen molar-refractivity contribution in [3.05, 3.63) is 18.2 Å². The maximum absolute atomic E-state index is 5.74. The lowest BCUT2D eigenvalue weighted by atomic mass is 10.2. The van der Waals surface area contributed by atoms with Gasteiger partial charge in [-0.05, 0) is 6.42 Å². The van der Waals surface area contributed by atoms with Crippen LogP contribution in [0.1, 0.15) is 24.7 Å². The second kappa shape index (κ2) is 3.79. The molecule has 0 aliphatic rings. The third-order valence-electron chi connectivity index (χ3n) is 1.47. The highest BCUT2D eigenvalue weighted by molar-refractivity contribution is 4.96. The molecule has 3 heteroatoms. The Labute approximate surface area is 66.0 Å². The van der Waals surface area contributed by atoms with Gasteiger partial charge < -0.3 is 10.7 Å². The van der Waals surface area contributed by atoms with Gasteiger partial charge in [0, 0.05) is 18.8 Å². The molecule has 0 saturated heterocycles. The van der Waals surface area contributed by atoms with E-state index in [9.17, 15) is 0 Å². The van der Waals surface area contributed by atoms with Crippen LogP contribution in [0.5, 0.6) is 0 Å². The molecule has 0 bridgehead atoms. The summed E-state index contributed by atoms with van der Waals surface area (Å²) in [4.78, 5) is 6.96. The first-order valence-corrected chi connectivity index (χ1v) is 3.53. The summed E-state index contributed by atoms with van der Waals surface area (Å²) >= 11 is 0. The quantitative estimate of drug-likeness (QED) is 0.625. The zero-order valence-corrected chi connectivity index (χ0v) is 6.25. The van der Waals surface area contributed by atoms with Crippen molar-refractivity contribution in [2.24, 2.45) is 5.73 Å². The van der Waals surface area contributed by atoms with Crippen molar-refractivity contribution in [3.8, 4) is 12.3 Å². The SMILES string of the molecule is C#CCCC(N)c1ncc[nH]1. The van der Waals surface area contributed by atoms with Crippen LogP contribution in [-0.2, 0) is 0 Å². The van der Waals surface area contributed by atoms with Gasteiger partial charge >= 0.3 is 0 Å². The minimum atomic E-state index is -0.0546. The second-order valence-corrected chi connectivity index (χ2v) is 2.32. The molecule has 0 saturated carbocycles. The van der Waals surface area contributed by atoms with E-state index >= 15 is 0 Å². The summed E-state index contributed by atoms with van der Waals surface area (Å²) in [6, 6.07) is -0.0546. The van der Waals surface area contributed by atoms with Crippen LogP contribution in [0.2, 0.25) is 0 Å². The molecular weight excluding hydrogens is 138 g/mol. The van der Waals surface area contributed by atoms with Gasteiger partial charge in [-0.25, -0.2) is 4.98 Å². The molecule has 11 heavy (non-hydrogen) atoms. The topological polar surface area (TPSA) is 54.7 Å². The van der Waals surface area contributed by atoms with Crippen LogP contribution in [0.4, 0.5) is 0 Å². The summed E-state index contributed by atoms with van der Waals surface area (Å²) in [6.45, 7) is 0. The summed E-state index contributed by atoms with van der Waals surface area (Å²) in [6.07, 6.45) is 10.0. The number of nitrogens with zero attached hydrogens (tertiary/aromatic N) is 1. The van der Waals surface area contributed by atoms with Gasteiger partial charge in [0.2, 0.25) is 0 Å². The molecule has 0 amide bonds. The summed E-state index contributed by atoms with van der Waals surface area (Å²) in [5.74, 6) is 3.34. The Balaban J connectivity index is 2.44. The van der Waals surface area contributed by atoms with Gasteiger partial charge in [-0.1, -0.05) is 0 Å². The Hall–Kier alpha value is -1.27. The lowest BCUT2D eigenvalue weighted by molar-refractivity contribution is 0.633. The number of hydrogen-bond donors (Lipinski definition) is 2. The van der Waals surface area contributed by atoms with Gasteiger partial charge in [-0.3, -0.25) is 0 Å². The molecule has 1 aromatic rings. The highest BCUT2D eigenvalue weighted by Gasteiger charge is 2.05. The summed E-state index contributed by atoms with van der Waals surface area (Å²) in [5, 5.41) is 0. The van der Waals surface area contributed by atoms with Gasteiger partial charge in [0.05, 0.1) is 6.04 Å². The zero-order valence-electron chi connectivity index (χ0n) is 6.25. The molecule has 1 atom stereocenters. The summed E-state index contributed by atoms with van der Waals surface area (Å²) in [7, 11) is 0. The predicted octanol–water partition coefficient (Wildman–Crippen LogP) is 0.823. The summed E-state index contributed by atoms with van der Waals surface area (Å²) in [5.41, 5.74) is 5.74. The molecule has 0 fully saturated rings. The van der Waals surface area contributed by atoms with E-state index in [1.165, 1.54) is 0 Å². The monoisotopic (exact) mass is 149 g/mol. The normalized spacial score (nSPS) is 12.4. The molecular formula is C8H11N3. The van der Waals surface area contributed by atoms with Crippen molar-refractivity contribution in [1.29, 1.82) is 0 Å². The number of nitrogens with two attached hydrogens (primary N) is 1. The molecule has 0 radical (unpaired) electrons. The number of terminal acetylenes is 1. The Bertz CT molecular complexity index is 232. The first-order chi connectivity index (χ1) is 5.34. The third kappa shape index (κ3) is 2.10. The lowest BCUT2D eigenvalue weighted by Crippen LogP contribution is -2.11. The predicted molar refractivity (Wildman–Crippen MR) is 43.6 cm³/mol. The average Bonchev–Trinajstić information content (AvgIpc) is 2.52. The number of aromatic nitrogens is 2. The Morgan fingerprint density at radius 3 is 3.18 bits per heavy atom. The first kappa shape index (κ1) is 7.83. The number of hydrogen-bond acceptors (Lipinski definition) is 2. The number of aromatic amines is 1. The van der Waals surface area contributed by atoms with E-state index in [1.807, 2.05) is 0 Å². The number of imidazole rings is 1. The fourth-order valence-electron chi connectivity index (χ4n) is 0.856. The van der Waals surface area contributed by atoms with Crippen molar-refractivity contribution in [2.45, 2.75) is 18.9 Å². The Morgan fingerprint density at radius 2 is 2.64 bits per heavy atom. The largest absolute Gasteiger partial charge is 0.347 e. The van der Waals surface area contributed by atoms with E-state index in [-0.39, 0.29) is 6.04 Å². The van der Waals surface area contributed by atoms with Crippen molar-refractivity contribution < 1.29 is 0 Å². The summed E-state index contributed by atoms with van der Waals surface area (Å²) < 4.78 is 0. The molecule has 3 nitrogen and oxygen atoms in total. The standard InChI is InChI=1S/C8H11N3/c1-2-3-4-7(9)8-10-5-6-11-8/h1,5-7H,3-4,9H2,(H,10,11). The van der Waals surface area contributed by atoms with Crippen molar-refractivity contribution in [2.75, 3.05) is 0 Å². The lowest BCUT2D eigenvalue weighted by Gasteiger charge is -2.04. The zero-order chi connectivity index (χ0) is 8.10. The smallest absolute Gasteiger partial charge is 0.123 e. The molecule has 0 spiro atoms. The van der Waals surface area contributed by atoms with Crippen LogP contribution in [0.3, 0.4) is 0 Å². The highest BCUT2D eigenvalue weighted by Crippen LogP contribution is 2.09. The maximum atomic E-state index is 5.74. The van der Waals surface area contributed by atoms with Crippen molar-refractivity contribution in [1.82, 2.24) is 9.97 Å². The molecule has 58 valence electrons. The fourth-order valence-corrected chi connectivity index (χ4v) is 0.856. The van der Waals surface area contributed by atoms with Crippen LogP contribution in [0.25, 0.3) is 0 Å². The highest BCUT2D eigenvalue weighted by atomic mass is 14.9. The van der Waals surface area contributed by atoms with E-state index in [1.54, 1.807) is 12.4 Å². The number of H-pyrrole nitrogens is 1. The molecule has 1 rings (SSSR count). The van der Waals surface area contributed by atoms with Gasteiger partial charge in [0.15, 0.2) is 0 Å². The molecule has 0 aliphatic heterocycles. The number of nitrogens with one attached hydrogen (secondary N) is 1. The van der Waals surface area contributed by atoms with E-state index in [4.69, 9.17) is 12.2 Å². The average molecular weight is 149 g/mol. The van der Waals surface area contributed by atoms with E-state index in [2.05, 4.69) is 15.9 Å². The molecule has 1 aromatic heterocycles. The van der Waals surface area contributed by atoms with Crippen LogP contribution in [0.15, 0.2) is 12.4 Å². The molecule has 1 heterocycles. The number of rotatable bonds is 3. The Kier molecular flexibility index (Phi) is 2.70. The van der Waals surface area contributed by atoms with E-state index < -0.39 is 0 Å². The van der Waals surface area contributed by atoms with Crippen LogP contribution in [-0.4, -0.2) is 9.97 Å². The third-order valence-corrected chi connectivity index (χ3v) is 1.47. The molecule has 0 aliphatic carbocycles. The van der Waals surface area contributed by atoms with Gasteiger partial charge in [-0.15, -0.1) is 12.3 Å². The fraction of sp³-hybridized carbons (Fsp3) is 0.375. The van der Waals surface area contributed by atoms with E-state index in [0.717, 1.165) is 12.2 Å². The minimum absolute atomic E-state index is 0.0546. The van der Waals surface area contributed by atoms with Gasteiger partial charge in [0.1, 0.15) is 5.82 Å². The second-order valence-electron chi connectivity index (χ2n) is 2.32. The van der Waals surface area contributed by atoms with Crippen LogP contribution in [0, 0.1) is 12.3 Å². The first-order valence-electron chi connectivity index (χ1n) is 3.53. The van der Waals surface area contributed by atoms with Crippen molar-refractivity contribution >= 4 is 0 Å². The maximum Gasteiger partial charge on any atom is 0.123 e. The minimum Gasteiger partial charge on any atom is -0.347 e. The van der Waals surface area contributed by atoms with Gasteiger partial charge in [0.25, 0.3) is 0 Å². The van der Waals surface area contributed by atoms with Crippen molar-refractivity contribution in [3.63, 3.8) is 0 Å². The molecule has 0 aromatic carbocycles. The molecule has 3 N–H and O–H groups in total. The van der Waals surface area contributed by atoms with Crippen LogP contribution < -0.4 is 5.73 Å². The van der Waals surface area contributed by atoms with E-state index in [0.29, 0.717) is 6.42 Å². The van der Waals surface area contributed by atoms with Gasteiger partial charge in [-0.2, -0.15) is 0 Å².